The van der Waals surface area contributed by atoms with E-state index in [1.54, 1.807) is 13.3 Å². The molecule has 2 aliphatic heterocycles. The minimum Gasteiger partial charge on any atom is -0.495 e. The smallest absolute Gasteiger partial charge is 0.262 e. The number of aromatic nitrogens is 1. The second kappa shape index (κ2) is 10.2. The number of fused-ring (bicyclic) bond motifs is 2. The Morgan fingerprint density at radius 1 is 1.31 bits per heavy atom. The van der Waals surface area contributed by atoms with Crippen molar-refractivity contribution in [3.8, 4) is 11.5 Å². The summed E-state index contributed by atoms with van der Waals surface area (Å²) in [4.78, 5) is 18.2. The Balaban J connectivity index is 1.44. The van der Waals surface area contributed by atoms with Crippen molar-refractivity contribution in [3.05, 3.63) is 59.8 Å². The number of rotatable bonds is 7. The van der Waals surface area contributed by atoms with Gasteiger partial charge in [0.05, 0.1) is 30.6 Å². The Kier molecular flexibility index (Phi) is 6.81. The normalized spacial score (nSPS) is 20.7. The maximum absolute atomic E-state index is 15.0. The third-order valence-corrected chi connectivity index (χ3v) is 6.64. The van der Waals surface area contributed by atoms with Crippen molar-refractivity contribution in [2.75, 3.05) is 38.7 Å². The van der Waals surface area contributed by atoms with E-state index in [4.69, 9.17) is 9.47 Å². The summed E-state index contributed by atoms with van der Waals surface area (Å²) in [5.74, 6) is 1.01. The molecule has 0 spiro atoms. The molecule has 1 amide bonds. The molecular formula is C26H29FN4O4. The van der Waals surface area contributed by atoms with Crippen LogP contribution in [0.5, 0.6) is 11.5 Å². The Bertz CT molecular complexity index is 1220. The molecule has 3 N–H and O–H groups in total. The molecule has 0 saturated carbocycles. The number of hydrogen-bond acceptors (Lipinski definition) is 7. The number of alkyl halides is 1. The summed E-state index contributed by atoms with van der Waals surface area (Å²) in [6.45, 7) is 1.63. The van der Waals surface area contributed by atoms with Crippen molar-refractivity contribution in [3.63, 3.8) is 0 Å². The largest absolute Gasteiger partial charge is 0.495 e. The van der Waals surface area contributed by atoms with Gasteiger partial charge in [-0.1, -0.05) is 18.2 Å². The molecular weight excluding hydrogens is 451 g/mol. The summed E-state index contributed by atoms with van der Waals surface area (Å²) in [5.41, 5.74) is 2.97. The Morgan fingerprint density at radius 2 is 2.20 bits per heavy atom. The van der Waals surface area contributed by atoms with E-state index in [0.29, 0.717) is 42.3 Å². The van der Waals surface area contributed by atoms with Crippen LogP contribution in [0.1, 0.15) is 23.7 Å². The van der Waals surface area contributed by atoms with Crippen LogP contribution >= 0.6 is 0 Å². The van der Waals surface area contributed by atoms with E-state index in [1.807, 2.05) is 47.4 Å². The first kappa shape index (κ1) is 23.5. The predicted octanol–water partition coefficient (Wildman–Crippen LogP) is 2.81. The third-order valence-electron chi connectivity index (χ3n) is 6.64. The number of benzene rings is 2. The van der Waals surface area contributed by atoms with Gasteiger partial charge in [-0.3, -0.25) is 14.7 Å². The van der Waals surface area contributed by atoms with Crippen LogP contribution < -0.4 is 20.1 Å². The molecule has 2 aliphatic rings. The van der Waals surface area contributed by atoms with Crippen molar-refractivity contribution in [1.82, 2.24) is 15.2 Å². The lowest BCUT2D eigenvalue weighted by Crippen LogP contribution is -2.51. The zero-order valence-corrected chi connectivity index (χ0v) is 19.5. The standard InChI is InChI=1S/C26H29FN4O4/c1-34-17-10-19-18(3-2-4-21(19)29-11-17)24(32)14-31(23-7-8-28-12-20(23)27)13-16-5-6-25-22(9-16)30-26(33)15-35-25/h2-6,9-11,20,23-24,28,32H,7-8,12-15H2,1H3,(H,30,33). The Morgan fingerprint density at radius 3 is 3.03 bits per heavy atom. The molecule has 3 aromatic rings. The van der Waals surface area contributed by atoms with E-state index >= 15 is 4.39 Å². The molecule has 35 heavy (non-hydrogen) atoms. The number of carbonyl (C=O) groups excluding carboxylic acids is 1. The zero-order valence-electron chi connectivity index (χ0n) is 19.5. The van der Waals surface area contributed by atoms with Gasteiger partial charge in [0.15, 0.2) is 6.61 Å². The molecule has 3 heterocycles. The van der Waals surface area contributed by atoms with Crippen molar-refractivity contribution in [1.29, 1.82) is 0 Å². The number of nitrogens with one attached hydrogen (secondary N) is 2. The van der Waals surface area contributed by atoms with Gasteiger partial charge in [-0.25, -0.2) is 4.39 Å². The van der Waals surface area contributed by atoms with Gasteiger partial charge in [-0.05, 0) is 48.4 Å². The number of anilines is 1. The Labute approximate surface area is 203 Å². The average molecular weight is 481 g/mol. The highest BCUT2D eigenvalue weighted by Gasteiger charge is 2.32. The van der Waals surface area contributed by atoms with Crippen molar-refractivity contribution in [2.45, 2.75) is 31.3 Å². The highest BCUT2D eigenvalue weighted by Crippen LogP contribution is 2.32. The molecule has 0 aliphatic carbocycles. The zero-order chi connectivity index (χ0) is 24.4. The minimum atomic E-state index is -1.06. The van der Waals surface area contributed by atoms with E-state index in [0.717, 1.165) is 16.5 Å². The van der Waals surface area contributed by atoms with Crippen LogP contribution in [0.4, 0.5) is 10.1 Å². The molecule has 0 radical (unpaired) electrons. The molecule has 2 aromatic carbocycles. The fourth-order valence-corrected chi connectivity index (χ4v) is 4.87. The topological polar surface area (TPSA) is 96.0 Å². The number of aliphatic hydroxyl groups is 1. The van der Waals surface area contributed by atoms with Gasteiger partial charge in [0.1, 0.15) is 17.7 Å². The number of nitrogens with zero attached hydrogens (tertiary/aromatic N) is 2. The predicted molar refractivity (Wildman–Crippen MR) is 130 cm³/mol. The monoisotopic (exact) mass is 480 g/mol. The number of methoxy groups -OCH3 is 1. The number of amides is 1. The number of hydrogen-bond donors (Lipinski definition) is 3. The second-order valence-corrected chi connectivity index (χ2v) is 8.98. The average Bonchev–Trinajstić information content (AvgIpc) is 2.87. The maximum atomic E-state index is 15.0. The number of carbonyl (C=O) groups is 1. The summed E-state index contributed by atoms with van der Waals surface area (Å²) >= 11 is 0. The van der Waals surface area contributed by atoms with Crippen LogP contribution in [0.3, 0.4) is 0 Å². The highest BCUT2D eigenvalue weighted by molar-refractivity contribution is 5.95. The van der Waals surface area contributed by atoms with E-state index in [1.165, 1.54) is 0 Å². The first-order valence-corrected chi connectivity index (χ1v) is 11.8. The number of ether oxygens (including phenoxy) is 2. The molecule has 8 nitrogen and oxygen atoms in total. The molecule has 9 heteroatoms. The molecule has 0 bridgehead atoms. The van der Waals surface area contributed by atoms with Crippen molar-refractivity contribution >= 4 is 22.5 Å². The Hall–Kier alpha value is -3.27. The van der Waals surface area contributed by atoms with E-state index in [2.05, 4.69) is 15.6 Å². The summed E-state index contributed by atoms with van der Waals surface area (Å²) in [7, 11) is 1.58. The van der Waals surface area contributed by atoms with Crippen LogP contribution in [0.15, 0.2) is 48.7 Å². The van der Waals surface area contributed by atoms with Gasteiger partial charge in [-0.2, -0.15) is 0 Å². The molecule has 3 atom stereocenters. The summed E-state index contributed by atoms with van der Waals surface area (Å²) in [6.07, 6.45) is 0.344. The van der Waals surface area contributed by atoms with Gasteiger partial charge < -0.3 is 25.2 Å². The fourth-order valence-electron chi connectivity index (χ4n) is 4.87. The summed E-state index contributed by atoms with van der Waals surface area (Å²) < 4.78 is 25.8. The van der Waals surface area contributed by atoms with Gasteiger partial charge in [0, 0.05) is 31.1 Å². The van der Waals surface area contributed by atoms with E-state index in [9.17, 15) is 9.90 Å². The van der Waals surface area contributed by atoms with Gasteiger partial charge in [0.2, 0.25) is 0 Å². The number of pyridine rings is 1. The summed E-state index contributed by atoms with van der Waals surface area (Å²) in [6, 6.07) is 12.7. The van der Waals surface area contributed by atoms with Crippen LogP contribution in [0.25, 0.3) is 10.9 Å². The fraction of sp³-hybridized carbons (Fsp3) is 0.385. The summed E-state index contributed by atoms with van der Waals surface area (Å²) in [5, 5.41) is 18.1. The number of halogens is 1. The van der Waals surface area contributed by atoms with Crippen LogP contribution in [0.2, 0.25) is 0 Å². The number of piperidine rings is 1. The lowest BCUT2D eigenvalue weighted by molar-refractivity contribution is -0.118. The molecule has 3 unspecified atom stereocenters. The first-order valence-electron chi connectivity index (χ1n) is 11.8. The SMILES string of the molecule is COc1cnc2cccc(C(O)CN(Cc3ccc4c(c3)NC(=O)CO4)C3CCNCC3F)c2c1. The number of aliphatic hydroxyl groups excluding tert-OH is 1. The second-order valence-electron chi connectivity index (χ2n) is 8.98. The van der Waals surface area contributed by atoms with Crippen LogP contribution in [-0.2, 0) is 11.3 Å². The van der Waals surface area contributed by atoms with Gasteiger partial charge in [-0.15, -0.1) is 0 Å². The molecule has 184 valence electrons. The highest BCUT2D eigenvalue weighted by atomic mass is 19.1. The molecule has 1 aromatic heterocycles. The quantitative estimate of drug-likeness (QED) is 0.479. The lowest BCUT2D eigenvalue weighted by atomic mass is 9.98. The van der Waals surface area contributed by atoms with Crippen molar-refractivity contribution in [2.24, 2.45) is 0 Å². The first-order chi connectivity index (χ1) is 17.0. The van der Waals surface area contributed by atoms with E-state index < -0.39 is 12.3 Å². The van der Waals surface area contributed by atoms with Crippen LogP contribution in [-0.4, -0.2) is 66.5 Å². The molecule has 1 fully saturated rings. The van der Waals surface area contributed by atoms with Gasteiger partial charge in [0.25, 0.3) is 5.91 Å². The maximum Gasteiger partial charge on any atom is 0.262 e. The molecule has 1 saturated heterocycles. The van der Waals surface area contributed by atoms with Crippen LogP contribution in [0, 0.1) is 0 Å². The minimum absolute atomic E-state index is 0.00601. The van der Waals surface area contributed by atoms with E-state index in [-0.39, 0.29) is 31.6 Å². The van der Waals surface area contributed by atoms with Gasteiger partial charge >= 0.3 is 0 Å². The van der Waals surface area contributed by atoms with Crippen molar-refractivity contribution < 1.29 is 23.8 Å². The third kappa shape index (κ3) is 5.07. The lowest BCUT2D eigenvalue weighted by Gasteiger charge is -2.38. The molecule has 5 rings (SSSR count).